The lowest BCUT2D eigenvalue weighted by Crippen LogP contribution is -2.46. The Morgan fingerprint density at radius 2 is 1.35 bits per heavy atom. The molecule has 0 radical (unpaired) electrons. The molecule has 2 atom stereocenters. The fourth-order valence-electron chi connectivity index (χ4n) is 3.73. The minimum Gasteiger partial charge on any atom is -0.272 e. The number of nitrogens with one attached hydrogen (secondary N) is 1. The van der Waals surface area contributed by atoms with Crippen LogP contribution >= 0.6 is 0 Å². The van der Waals surface area contributed by atoms with E-state index in [-0.39, 0.29) is 17.4 Å². The number of hydrogen-bond acceptors (Lipinski definition) is 3. The first-order valence-electron chi connectivity index (χ1n) is 8.00. The number of imide groups is 1. The standard InChI is InChI=1S/C18H13F3N2O3/c19-18(20,21)12-7-5-11(6-8-12)15(24)22-23-16(25)13-9-1-2-10(4-3-9)14(13)17(23)26/h1-10,13-14H,(H,22,24). The van der Waals surface area contributed by atoms with Crippen molar-refractivity contribution in [2.75, 3.05) is 0 Å². The van der Waals surface area contributed by atoms with Crippen molar-refractivity contribution < 1.29 is 27.6 Å². The number of hydrazine groups is 1. The van der Waals surface area contributed by atoms with Gasteiger partial charge in [-0.25, -0.2) is 0 Å². The molecule has 1 saturated heterocycles. The van der Waals surface area contributed by atoms with Gasteiger partial charge in [-0.05, 0) is 24.3 Å². The molecule has 2 unspecified atom stereocenters. The molecular formula is C18H13F3N2O3. The zero-order valence-electron chi connectivity index (χ0n) is 13.2. The molecule has 26 heavy (non-hydrogen) atoms. The van der Waals surface area contributed by atoms with E-state index < -0.39 is 41.3 Å². The summed E-state index contributed by atoms with van der Waals surface area (Å²) in [5, 5.41) is 0.704. The summed E-state index contributed by atoms with van der Waals surface area (Å²) < 4.78 is 37.8. The van der Waals surface area contributed by atoms with Gasteiger partial charge in [0.05, 0.1) is 17.4 Å². The van der Waals surface area contributed by atoms with Crippen molar-refractivity contribution in [3.05, 3.63) is 59.7 Å². The first-order valence-corrected chi connectivity index (χ1v) is 8.00. The zero-order chi connectivity index (χ0) is 18.6. The number of rotatable bonds is 2. The Labute approximate surface area is 146 Å². The Hall–Kier alpha value is -2.90. The molecule has 5 rings (SSSR count). The van der Waals surface area contributed by atoms with Gasteiger partial charge in [-0.3, -0.25) is 19.8 Å². The van der Waals surface area contributed by atoms with Gasteiger partial charge < -0.3 is 0 Å². The van der Waals surface area contributed by atoms with Crippen molar-refractivity contribution in [2.24, 2.45) is 23.7 Å². The van der Waals surface area contributed by atoms with Gasteiger partial charge in [0, 0.05) is 17.4 Å². The van der Waals surface area contributed by atoms with Crippen molar-refractivity contribution >= 4 is 17.7 Å². The summed E-state index contributed by atoms with van der Waals surface area (Å²) in [6.07, 6.45) is 2.98. The molecule has 1 aromatic carbocycles. The van der Waals surface area contributed by atoms with Crippen LogP contribution in [0.4, 0.5) is 13.2 Å². The zero-order valence-corrected chi connectivity index (χ0v) is 13.2. The van der Waals surface area contributed by atoms with E-state index in [0.29, 0.717) is 5.01 Å². The lowest BCUT2D eigenvalue weighted by atomic mass is 9.67. The van der Waals surface area contributed by atoms with Crippen LogP contribution in [-0.4, -0.2) is 22.7 Å². The predicted molar refractivity (Wildman–Crippen MR) is 83.0 cm³/mol. The molecule has 0 spiro atoms. The van der Waals surface area contributed by atoms with Crippen LogP contribution in [0.2, 0.25) is 0 Å². The van der Waals surface area contributed by atoms with E-state index in [1.807, 2.05) is 24.3 Å². The third-order valence-corrected chi connectivity index (χ3v) is 5.03. The summed E-state index contributed by atoms with van der Waals surface area (Å²) in [6, 6.07) is 3.55. The summed E-state index contributed by atoms with van der Waals surface area (Å²) >= 11 is 0. The Kier molecular flexibility index (Phi) is 3.54. The number of hydrogen-bond donors (Lipinski definition) is 1. The van der Waals surface area contributed by atoms with Gasteiger partial charge in [-0.15, -0.1) is 0 Å². The van der Waals surface area contributed by atoms with Crippen LogP contribution in [0.1, 0.15) is 15.9 Å². The second-order valence-electron chi connectivity index (χ2n) is 6.50. The Morgan fingerprint density at radius 1 is 0.885 bits per heavy atom. The summed E-state index contributed by atoms with van der Waals surface area (Å²) in [5.41, 5.74) is 1.27. The Bertz CT molecular complexity index is 809. The van der Waals surface area contributed by atoms with Gasteiger partial charge in [-0.1, -0.05) is 24.3 Å². The lowest BCUT2D eigenvalue weighted by molar-refractivity contribution is -0.143. The molecule has 0 aromatic heterocycles. The van der Waals surface area contributed by atoms with Gasteiger partial charge in [0.1, 0.15) is 0 Å². The predicted octanol–water partition coefficient (Wildman–Crippen LogP) is 2.32. The van der Waals surface area contributed by atoms with Crippen LogP contribution in [-0.2, 0) is 15.8 Å². The minimum atomic E-state index is -4.51. The molecule has 1 fully saturated rings. The molecule has 4 aliphatic rings. The van der Waals surface area contributed by atoms with E-state index in [0.717, 1.165) is 24.3 Å². The number of halogens is 3. The van der Waals surface area contributed by atoms with Crippen molar-refractivity contribution in [3.63, 3.8) is 0 Å². The van der Waals surface area contributed by atoms with Gasteiger partial charge in [0.15, 0.2) is 0 Å². The summed E-state index contributed by atoms with van der Waals surface area (Å²) in [6.45, 7) is 0. The highest BCUT2D eigenvalue weighted by molar-refractivity contribution is 6.08. The molecule has 3 aliphatic carbocycles. The van der Waals surface area contributed by atoms with Gasteiger partial charge in [-0.2, -0.15) is 18.2 Å². The topological polar surface area (TPSA) is 66.5 Å². The SMILES string of the molecule is O=C(NN1C(=O)C2C3C=CC(C=C3)C2C1=O)c1ccc(C(F)(F)F)cc1. The number of carbonyl (C=O) groups excluding carboxylic acids is 3. The molecule has 2 bridgehead atoms. The highest BCUT2D eigenvalue weighted by Crippen LogP contribution is 2.45. The van der Waals surface area contributed by atoms with E-state index in [4.69, 9.17) is 0 Å². The van der Waals surface area contributed by atoms with E-state index in [1.54, 1.807) is 0 Å². The average Bonchev–Trinajstić information content (AvgIpc) is 2.89. The number of alkyl halides is 3. The number of allylic oxidation sites excluding steroid dienone is 4. The second-order valence-corrected chi connectivity index (χ2v) is 6.50. The van der Waals surface area contributed by atoms with Crippen LogP contribution < -0.4 is 5.43 Å². The summed E-state index contributed by atoms with van der Waals surface area (Å²) in [7, 11) is 0. The van der Waals surface area contributed by atoms with E-state index in [2.05, 4.69) is 5.43 Å². The van der Waals surface area contributed by atoms with E-state index in [9.17, 15) is 27.6 Å². The second kappa shape index (κ2) is 5.55. The molecule has 134 valence electrons. The van der Waals surface area contributed by atoms with Crippen LogP contribution in [0.5, 0.6) is 0 Å². The summed E-state index contributed by atoms with van der Waals surface area (Å²) in [5.74, 6) is -3.27. The number of carbonyl (C=O) groups is 3. The van der Waals surface area contributed by atoms with Crippen LogP contribution in [0, 0.1) is 23.7 Å². The molecule has 1 N–H and O–H groups in total. The Morgan fingerprint density at radius 3 is 1.77 bits per heavy atom. The maximum Gasteiger partial charge on any atom is 0.416 e. The van der Waals surface area contributed by atoms with Crippen LogP contribution in [0.15, 0.2) is 48.6 Å². The number of benzene rings is 1. The largest absolute Gasteiger partial charge is 0.416 e. The van der Waals surface area contributed by atoms with Crippen molar-refractivity contribution in [2.45, 2.75) is 6.18 Å². The number of nitrogens with zero attached hydrogens (tertiary/aromatic N) is 1. The van der Waals surface area contributed by atoms with Crippen LogP contribution in [0.25, 0.3) is 0 Å². The van der Waals surface area contributed by atoms with E-state index in [1.165, 1.54) is 0 Å². The van der Waals surface area contributed by atoms with Gasteiger partial charge in [0.2, 0.25) is 0 Å². The lowest BCUT2D eigenvalue weighted by Gasteiger charge is -2.33. The molecule has 1 aliphatic heterocycles. The molecule has 8 heteroatoms. The number of amides is 3. The smallest absolute Gasteiger partial charge is 0.272 e. The highest BCUT2D eigenvalue weighted by Gasteiger charge is 2.55. The maximum atomic E-state index is 12.6. The maximum absolute atomic E-state index is 12.6. The molecule has 3 amide bonds. The minimum absolute atomic E-state index is 0.0762. The normalized spacial score (nSPS) is 29.3. The van der Waals surface area contributed by atoms with Gasteiger partial charge in [0.25, 0.3) is 17.7 Å². The fraction of sp³-hybridized carbons (Fsp3) is 0.278. The van der Waals surface area contributed by atoms with Crippen LogP contribution in [0.3, 0.4) is 0 Å². The first kappa shape index (κ1) is 16.6. The van der Waals surface area contributed by atoms with Crippen molar-refractivity contribution in [1.82, 2.24) is 10.4 Å². The molecule has 1 heterocycles. The molecular weight excluding hydrogens is 349 g/mol. The molecule has 0 saturated carbocycles. The quantitative estimate of drug-likeness (QED) is 0.649. The Balaban J connectivity index is 1.52. The first-order chi connectivity index (χ1) is 12.3. The van der Waals surface area contributed by atoms with Gasteiger partial charge >= 0.3 is 6.18 Å². The third kappa shape index (κ3) is 2.44. The third-order valence-electron chi connectivity index (χ3n) is 5.03. The van der Waals surface area contributed by atoms with Crippen molar-refractivity contribution in [1.29, 1.82) is 0 Å². The summed E-state index contributed by atoms with van der Waals surface area (Å²) in [4.78, 5) is 37.4. The van der Waals surface area contributed by atoms with E-state index >= 15 is 0 Å². The fourth-order valence-corrected chi connectivity index (χ4v) is 3.73. The molecule has 1 aromatic rings. The molecule has 5 nitrogen and oxygen atoms in total. The average molecular weight is 362 g/mol. The highest BCUT2D eigenvalue weighted by atomic mass is 19.4. The van der Waals surface area contributed by atoms with Crippen molar-refractivity contribution in [3.8, 4) is 0 Å². The monoisotopic (exact) mass is 362 g/mol.